The van der Waals surface area contributed by atoms with Gasteiger partial charge in [-0.25, -0.2) is 0 Å². The van der Waals surface area contributed by atoms with Gasteiger partial charge in [-0.1, -0.05) is 140 Å². The van der Waals surface area contributed by atoms with Gasteiger partial charge < -0.3 is 9.84 Å². The highest BCUT2D eigenvalue weighted by Gasteiger charge is 2.41. The van der Waals surface area contributed by atoms with E-state index in [-0.39, 0.29) is 6.10 Å². The van der Waals surface area contributed by atoms with E-state index in [1.807, 2.05) is 0 Å². The summed E-state index contributed by atoms with van der Waals surface area (Å²) in [4.78, 5) is 0. The van der Waals surface area contributed by atoms with E-state index in [0.29, 0.717) is 17.6 Å². The van der Waals surface area contributed by atoms with Crippen LogP contribution in [0.25, 0.3) is 0 Å². The van der Waals surface area contributed by atoms with Crippen molar-refractivity contribution in [2.24, 2.45) is 11.8 Å². The fourth-order valence-electron chi connectivity index (χ4n) is 8.69. The van der Waals surface area contributed by atoms with E-state index >= 15 is 0 Å². The second kappa shape index (κ2) is 15.0. The molecule has 0 radical (unpaired) electrons. The molecule has 0 saturated heterocycles. The van der Waals surface area contributed by atoms with Gasteiger partial charge in [-0.2, -0.15) is 0 Å². The number of fused-ring (bicyclic) bond motifs is 2. The van der Waals surface area contributed by atoms with Crippen molar-refractivity contribution < 1.29 is 9.84 Å². The summed E-state index contributed by atoms with van der Waals surface area (Å²) < 4.78 is 7.38. The summed E-state index contributed by atoms with van der Waals surface area (Å²) in [7, 11) is -1.76. The molecule has 1 N–H and O–H groups in total. The molecule has 3 atom stereocenters. The molecule has 0 bridgehead atoms. The van der Waals surface area contributed by atoms with Crippen LogP contribution in [0.3, 0.4) is 0 Å². The molecule has 1 aliphatic heterocycles. The summed E-state index contributed by atoms with van der Waals surface area (Å²) in [5, 5.41) is 20.0. The number of rotatable bonds is 8. The zero-order chi connectivity index (χ0) is 35.8. The van der Waals surface area contributed by atoms with Crippen molar-refractivity contribution in [1.82, 2.24) is 0 Å². The Labute approximate surface area is 312 Å². The van der Waals surface area contributed by atoms with Crippen molar-refractivity contribution >= 4 is 47.7 Å². The van der Waals surface area contributed by atoms with E-state index in [1.54, 1.807) is 0 Å². The van der Waals surface area contributed by atoms with Gasteiger partial charge in [0.15, 0.2) is 0 Å². The lowest BCUT2D eigenvalue weighted by molar-refractivity contribution is 0.0253. The lowest BCUT2D eigenvalue weighted by atomic mass is 9.72. The number of benzene rings is 6. The molecule has 1 aliphatic carbocycles. The summed E-state index contributed by atoms with van der Waals surface area (Å²) in [5.74, 6) is 2.37. The van der Waals surface area contributed by atoms with Crippen LogP contribution in [-0.2, 0) is 12.8 Å². The van der Waals surface area contributed by atoms with E-state index in [1.165, 1.54) is 67.2 Å². The average Bonchev–Trinajstić information content (AvgIpc) is 3.15. The van der Waals surface area contributed by atoms with E-state index < -0.39 is 15.8 Å². The molecule has 1 unspecified atom stereocenters. The summed E-state index contributed by atoms with van der Waals surface area (Å²) in [5.41, 5.74) is 7.57. The van der Waals surface area contributed by atoms with Crippen LogP contribution in [0.15, 0.2) is 133 Å². The molecule has 2 nitrogen and oxygen atoms in total. The van der Waals surface area contributed by atoms with Crippen molar-refractivity contribution in [3.63, 3.8) is 0 Å². The summed E-state index contributed by atoms with van der Waals surface area (Å²) in [6, 6.07) is 48.6. The first-order chi connectivity index (χ1) is 25.4. The molecule has 1 heterocycles. The maximum Gasteiger partial charge on any atom is 0.131 e. The molecule has 4 heteroatoms. The minimum atomic E-state index is -0.939. The minimum Gasteiger partial charge on any atom is -0.507 e. The van der Waals surface area contributed by atoms with Crippen LogP contribution in [0.1, 0.15) is 52.6 Å². The normalized spacial score (nSPS) is 18.2. The number of aromatic hydroxyl groups is 1. The topological polar surface area (TPSA) is 29.5 Å². The van der Waals surface area contributed by atoms with Gasteiger partial charge >= 0.3 is 0 Å². The Bertz CT molecular complexity index is 2130. The Morgan fingerprint density at radius 1 is 0.538 bits per heavy atom. The van der Waals surface area contributed by atoms with Gasteiger partial charge in [-0.05, 0) is 124 Å². The molecule has 1 fully saturated rings. The molecule has 262 valence electrons. The number of phenols is 1. The van der Waals surface area contributed by atoms with Gasteiger partial charge in [-0.3, -0.25) is 0 Å². The monoisotopic (exact) mass is 718 g/mol. The Balaban J connectivity index is 1.16. The molecular weight excluding hydrogens is 670 g/mol. The van der Waals surface area contributed by atoms with Gasteiger partial charge in [0.1, 0.15) is 17.6 Å². The molecule has 1 saturated carbocycles. The molecule has 0 amide bonds. The third-order valence-corrected chi connectivity index (χ3v) is 17.0. The third kappa shape index (κ3) is 6.62. The fourth-order valence-corrected chi connectivity index (χ4v) is 14.1. The quantitative estimate of drug-likeness (QED) is 0.159. The smallest absolute Gasteiger partial charge is 0.131 e. The van der Waals surface area contributed by atoms with Gasteiger partial charge in [0.25, 0.3) is 0 Å². The van der Waals surface area contributed by atoms with E-state index in [2.05, 4.69) is 161 Å². The average molecular weight is 719 g/mol. The van der Waals surface area contributed by atoms with Crippen molar-refractivity contribution in [1.29, 1.82) is 0 Å². The van der Waals surface area contributed by atoms with Gasteiger partial charge in [0, 0.05) is 22.4 Å². The number of para-hydroxylation sites is 2. The number of ether oxygens (including phenoxy) is 1. The molecule has 0 aromatic heterocycles. The van der Waals surface area contributed by atoms with Crippen LogP contribution >= 0.6 is 15.8 Å². The number of aryl methyl sites for hydroxylation is 4. The Morgan fingerprint density at radius 3 is 1.54 bits per heavy atom. The third-order valence-electron chi connectivity index (χ3n) is 11.4. The first-order valence-corrected chi connectivity index (χ1v) is 21.5. The molecular formula is C48H48O2P2. The van der Waals surface area contributed by atoms with Gasteiger partial charge in [0.2, 0.25) is 0 Å². The second-order valence-corrected chi connectivity index (χ2v) is 19.0. The number of phenolic OH excluding ortho intramolecular Hbond substituents is 1. The van der Waals surface area contributed by atoms with E-state index in [4.69, 9.17) is 4.74 Å². The fraction of sp³-hybridized carbons (Fsp3) is 0.250. The van der Waals surface area contributed by atoms with Gasteiger partial charge in [-0.15, -0.1) is 0 Å². The van der Waals surface area contributed by atoms with Crippen LogP contribution in [-0.4, -0.2) is 11.2 Å². The molecule has 0 spiro atoms. The maximum atomic E-state index is 12.2. The van der Waals surface area contributed by atoms with Crippen molar-refractivity contribution in [2.75, 3.05) is 0 Å². The highest BCUT2D eigenvalue weighted by molar-refractivity contribution is 7.80. The van der Waals surface area contributed by atoms with Gasteiger partial charge in [0.05, 0.1) is 0 Å². The SMILES string of the molecule is Cc1ccccc1P(c1ccccc1C)c1cccc(C[C@H]2CCC[C@@H]3Cc4cccc(P(c5ccccc5C)c5ccccc5C)c4OC23)c1O. The highest BCUT2D eigenvalue weighted by atomic mass is 31.1. The largest absolute Gasteiger partial charge is 0.507 e. The van der Waals surface area contributed by atoms with Crippen LogP contribution in [0.2, 0.25) is 0 Å². The summed E-state index contributed by atoms with van der Waals surface area (Å²) in [6.45, 7) is 8.89. The molecule has 2 aliphatic rings. The summed E-state index contributed by atoms with van der Waals surface area (Å²) in [6.07, 6.45) is 5.47. The van der Waals surface area contributed by atoms with Crippen LogP contribution < -0.4 is 36.6 Å². The minimum absolute atomic E-state index is 0.116. The van der Waals surface area contributed by atoms with E-state index in [0.717, 1.165) is 35.9 Å². The van der Waals surface area contributed by atoms with Crippen LogP contribution in [0, 0.1) is 39.5 Å². The van der Waals surface area contributed by atoms with Crippen molar-refractivity contribution in [3.05, 3.63) is 167 Å². The van der Waals surface area contributed by atoms with E-state index in [9.17, 15) is 5.11 Å². The second-order valence-electron chi connectivity index (χ2n) is 14.8. The van der Waals surface area contributed by atoms with Crippen LogP contribution in [0.4, 0.5) is 0 Å². The maximum absolute atomic E-state index is 12.2. The zero-order valence-electron chi connectivity index (χ0n) is 30.7. The first kappa shape index (κ1) is 34.8. The Morgan fingerprint density at radius 2 is 1.00 bits per heavy atom. The molecule has 8 rings (SSSR count). The Hall–Kier alpha value is -4.22. The highest BCUT2D eigenvalue weighted by Crippen LogP contribution is 2.47. The van der Waals surface area contributed by atoms with Crippen molar-refractivity contribution in [3.8, 4) is 11.5 Å². The first-order valence-electron chi connectivity index (χ1n) is 18.8. The Kier molecular flexibility index (Phi) is 10.1. The molecule has 52 heavy (non-hydrogen) atoms. The van der Waals surface area contributed by atoms with Crippen LogP contribution in [0.5, 0.6) is 11.5 Å². The predicted molar refractivity (Wildman–Crippen MR) is 224 cm³/mol. The lowest BCUT2D eigenvalue weighted by Gasteiger charge is -2.43. The number of hydrogen-bond acceptors (Lipinski definition) is 2. The molecule has 6 aromatic carbocycles. The standard InChI is InChI=1S/C48H48O2P2/c1-32-16-5-9-24-40(32)51(41-25-10-6-17-33(41)2)44-28-14-20-36(46(44)49)30-37-21-13-22-38-31-39-23-15-29-45(48(39)50-47(37)38)52(42-26-11-7-18-34(42)3)43-27-12-8-19-35(43)4/h5-12,14-20,23-29,37-38,47,49H,13,21-22,30-31H2,1-4H3/t37-,38-,47?/m1/s1. The van der Waals surface area contributed by atoms with Crippen molar-refractivity contribution in [2.45, 2.75) is 65.9 Å². The zero-order valence-corrected chi connectivity index (χ0v) is 32.5. The predicted octanol–water partition coefficient (Wildman–Crippen LogP) is 9.10. The lowest BCUT2D eigenvalue weighted by Crippen LogP contribution is -2.44. The molecule has 6 aromatic rings. The number of hydrogen-bond donors (Lipinski definition) is 1. The summed E-state index contributed by atoms with van der Waals surface area (Å²) >= 11 is 0.